The molecule has 2 aromatic heterocycles. The van der Waals surface area contributed by atoms with Crippen molar-refractivity contribution in [2.24, 2.45) is 0 Å². The van der Waals surface area contributed by atoms with Gasteiger partial charge in [-0.25, -0.2) is 9.97 Å². The smallest absolute Gasteiger partial charge is 0.312 e. The van der Waals surface area contributed by atoms with Crippen molar-refractivity contribution in [2.45, 2.75) is 33.3 Å². The lowest BCUT2D eigenvalue weighted by molar-refractivity contribution is -0.144. The van der Waals surface area contributed by atoms with Gasteiger partial charge >= 0.3 is 5.97 Å². The first-order valence-corrected chi connectivity index (χ1v) is 11.4. The topological polar surface area (TPSA) is 85.5 Å². The van der Waals surface area contributed by atoms with Crippen molar-refractivity contribution in [2.75, 3.05) is 4.90 Å². The molecule has 0 radical (unpaired) electrons. The summed E-state index contributed by atoms with van der Waals surface area (Å²) >= 11 is 1.32. The number of amides is 1. The quantitative estimate of drug-likeness (QED) is 0.330. The van der Waals surface area contributed by atoms with Crippen LogP contribution in [0, 0.1) is 0 Å². The van der Waals surface area contributed by atoms with Gasteiger partial charge < -0.3 is 9.15 Å². The van der Waals surface area contributed by atoms with Gasteiger partial charge in [0.1, 0.15) is 12.9 Å². The van der Waals surface area contributed by atoms with Gasteiger partial charge in [0.2, 0.25) is 11.8 Å². The maximum absolute atomic E-state index is 12.3. The first-order valence-electron chi connectivity index (χ1n) is 10.5. The van der Waals surface area contributed by atoms with E-state index in [4.69, 9.17) is 9.15 Å². The summed E-state index contributed by atoms with van der Waals surface area (Å²) in [5, 5.41) is 2.31. The van der Waals surface area contributed by atoms with Gasteiger partial charge in [0, 0.05) is 17.9 Å². The summed E-state index contributed by atoms with van der Waals surface area (Å²) in [5.74, 6) is -0.118. The Hall–Kier alpha value is -3.78. The van der Waals surface area contributed by atoms with Crippen LogP contribution in [0.2, 0.25) is 0 Å². The van der Waals surface area contributed by atoms with E-state index in [-0.39, 0.29) is 18.9 Å². The monoisotopic (exact) mass is 461 g/mol. The predicted molar refractivity (Wildman–Crippen MR) is 126 cm³/mol. The molecule has 0 fully saturated rings. The normalized spacial score (nSPS) is 10.7. The molecule has 0 bridgehead atoms. The predicted octanol–water partition coefficient (Wildman–Crippen LogP) is 5.33. The number of oxazole rings is 1. The highest BCUT2D eigenvalue weighted by Crippen LogP contribution is 2.29. The zero-order valence-electron chi connectivity index (χ0n) is 18.4. The number of hydrogen-bond donors (Lipinski definition) is 0. The van der Waals surface area contributed by atoms with Crippen LogP contribution in [0.25, 0.3) is 11.5 Å². The van der Waals surface area contributed by atoms with Gasteiger partial charge in [0.05, 0.1) is 23.5 Å². The Bertz CT molecular complexity index is 1230. The SMILES string of the molecule is CCc1ccc(N(C(C)=O)c2nc(COC(=O)Cc3coc(-c4ccccc4)n3)cs2)cc1. The van der Waals surface area contributed by atoms with Gasteiger partial charge in [-0.05, 0) is 36.2 Å². The first kappa shape index (κ1) is 22.4. The van der Waals surface area contributed by atoms with E-state index in [0.717, 1.165) is 17.7 Å². The molecule has 4 aromatic rings. The van der Waals surface area contributed by atoms with E-state index in [2.05, 4.69) is 16.9 Å². The molecule has 0 unspecified atom stereocenters. The molecule has 8 heteroatoms. The Morgan fingerprint density at radius 2 is 1.79 bits per heavy atom. The minimum absolute atomic E-state index is 0.00330. The molecule has 1 amide bonds. The summed E-state index contributed by atoms with van der Waals surface area (Å²) in [7, 11) is 0. The summed E-state index contributed by atoms with van der Waals surface area (Å²) in [6, 6.07) is 17.3. The molecule has 0 spiro atoms. The summed E-state index contributed by atoms with van der Waals surface area (Å²) in [6.07, 6.45) is 2.38. The highest BCUT2D eigenvalue weighted by Gasteiger charge is 2.19. The molecule has 0 atom stereocenters. The Morgan fingerprint density at radius 3 is 2.48 bits per heavy atom. The molecular formula is C25H23N3O4S. The lowest BCUT2D eigenvalue weighted by Crippen LogP contribution is -2.22. The van der Waals surface area contributed by atoms with Gasteiger partial charge in [-0.1, -0.05) is 37.3 Å². The molecule has 168 valence electrons. The van der Waals surface area contributed by atoms with Gasteiger partial charge in [-0.15, -0.1) is 11.3 Å². The highest BCUT2D eigenvalue weighted by molar-refractivity contribution is 7.14. The van der Waals surface area contributed by atoms with Crippen molar-refractivity contribution in [3.8, 4) is 11.5 Å². The standard InChI is InChI=1S/C25H23N3O4S/c1-3-18-9-11-22(12-10-18)28(17(2)29)25-27-21(16-33-25)15-31-23(30)13-20-14-32-24(26-20)19-7-5-4-6-8-19/h4-12,14,16H,3,13,15H2,1-2H3. The number of carbonyl (C=O) groups is 2. The van der Waals surface area contributed by atoms with Crippen LogP contribution < -0.4 is 4.90 Å². The summed E-state index contributed by atoms with van der Waals surface area (Å²) in [4.78, 5) is 34.9. The van der Waals surface area contributed by atoms with E-state index in [9.17, 15) is 9.59 Å². The van der Waals surface area contributed by atoms with Crippen LogP contribution in [0.1, 0.15) is 30.8 Å². The van der Waals surface area contributed by atoms with Crippen LogP contribution in [0.3, 0.4) is 0 Å². The average Bonchev–Trinajstić information content (AvgIpc) is 3.49. The molecule has 2 aromatic carbocycles. The molecule has 0 aliphatic rings. The Morgan fingerprint density at radius 1 is 1.03 bits per heavy atom. The minimum atomic E-state index is -0.434. The van der Waals surface area contributed by atoms with Crippen LogP contribution in [0.4, 0.5) is 10.8 Å². The highest BCUT2D eigenvalue weighted by atomic mass is 32.1. The van der Waals surface area contributed by atoms with E-state index in [1.165, 1.54) is 30.1 Å². The number of anilines is 2. The lowest BCUT2D eigenvalue weighted by Gasteiger charge is -2.18. The van der Waals surface area contributed by atoms with Crippen LogP contribution >= 0.6 is 11.3 Å². The second-order valence-electron chi connectivity index (χ2n) is 7.34. The lowest BCUT2D eigenvalue weighted by atomic mass is 10.1. The molecule has 0 saturated heterocycles. The fourth-order valence-electron chi connectivity index (χ4n) is 3.23. The third-order valence-electron chi connectivity index (χ3n) is 4.93. The Kier molecular flexibility index (Phi) is 6.95. The molecule has 4 rings (SSSR count). The number of carbonyl (C=O) groups excluding carboxylic acids is 2. The maximum atomic E-state index is 12.3. The van der Waals surface area contributed by atoms with Gasteiger partial charge in [-0.2, -0.15) is 0 Å². The number of benzene rings is 2. The van der Waals surface area contributed by atoms with E-state index in [0.29, 0.717) is 22.4 Å². The van der Waals surface area contributed by atoms with E-state index in [1.54, 1.807) is 10.3 Å². The number of aryl methyl sites for hydroxylation is 1. The van der Waals surface area contributed by atoms with Crippen molar-refractivity contribution in [1.29, 1.82) is 0 Å². The fourth-order valence-corrected chi connectivity index (χ4v) is 4.10. The fraction of sp³-hybridized carbons (Fsp3) is 0.200. The van der Waals surface area contributed by atoms with Crippen molar-refractivity contribution < 1.29 is 18.7 Å². The zero-order chi connectivity index (χ0) is 23.2. The largest absolute Gasteiger partial charge is 0.459 e. The third-order valence-corrected chi connectivity index (χ3v) is 5.80. The molecule has 7 nitrogen and oxygen atoms in total. The number of thiazole rings is 1. The number of ether oxygens (including phenoxy) is 1. The number of nitrogens with zero attached hydrogens (tertiary/aromatic N) is 3. The van der Waals surface area contributed by atoms with Crippen molar-refractivity contribution in [1.82, 2.24) is 9.97 Å². The molecule has 0 saturated carbocycles. The van der Waals surface area contributed by atoms with Crippen LogP contribution in [-0.2, 0) is 33.8 Å². The molecule has 0 aliphatic heterocycles. The maximum Gasteiger partial charge on any atom is 0.312 e. The van der Waals surface area contributed by atoms with Crippen LogP contribution in [-0.4, -0.2) is 21.8 Å². The number of hydrogen-bond acceptors (Lipinski definition) is 7. The molecular weight excluding hydrogens is 438 g/mol. The van der Waals surface area contributed by atoms with Crippen molar-refractivity contribution in [3.05, 3.63) is 83.2 Å². The molecule has 0 aliphatic carbocycles. The Labute approximate surface area is 195 Å². The third kappa shape index (κ3) is 5.53. The minimum Gasteiger partial charge on any atom is -0.459 e. The summed E-state index contributed by atoms with van der Waals surface area (Å²) in [5.41, 5.74) is 3.85. The van der Waals surface area contributed by atoms with Gasteiger partial charge in [0.15, 0.2) is 5.13 Å². The van der Waals surface area contributed by atoms with Crippen LogP contribution in [0.5, 0.6) is 0 Å². The van der Waals surface area contributed by atoms with Gasteiger partial charge in [0.25, 0.3) is 0 Å². The second-order valence-corrected chi connectivity index (χ2v) is 8.18. The Balaban J connectivity index is 1.36. The van der Waals surface area contributed by atoms with E-state index >= 15 is 0 Å². The van der Waals surface area contributed by atoms with Gasteiger partial charge in [-0.3, -0.25) is 14.5 Å². The average molecular weight is 462 g/mol. The second kappa shape index (κ2) is 10.2. The molecule has 33 heavy (non-hydrogen) atoms. The van der Waals surface area contributed by atoms with E-state index in [1.807, 2.05) is 54.6 Å². The van der Waals surface area contributed by atoms with Crippen molar-refractivity contribution in [3.63, 3.8) is 0 Å². The first-order chi connectivity index (χ1) is 16.0. The summed E-state index contributed by atoms with van der Waals surface area (Å²) in [6.45, 7) is 3.59. The summed E-state index contributed by atoms with van der Waals surface area (Å²) < 4.78 is 10.8. The number of esters is 1. The van der Waals surface area contributed by atoms with Crippen molar-refractivity contribution >= 4 is 34.0 Å². The molecule has 2 heterocycles. The number of aromatic nitrogens is 2. The van der Waals surface area contributed by atoms with E-state index < -0.39 is 5.97 Å². The molecule has 0 N–H and O–H groups in total. The number of rotatable bonds is 8. The zero-order valence-corrected chi connectivity index (χ0v) is 19.2. The van der Waals surface area contributed by atoms with Crippen LogP contribution in [0.15, 0.2) is 70.7 Å².